The fraction of sp³-hybridized carbons (Fsp3) is 0.280. The van der Waals surface area contributed by atoms with Gasteiger partial charge < -0.3 is 19.9 Å². The minimum atomic E-state index is -0.143. The van der Waals surface area contributed by atoms with Gasteiger partial charge in [0.1, 0.15) is 0 Å². The Labute approximate surface area is 193 Å². The van der Waals surface area contributed by atoms with Crippen molar-refractivity contribution in [3.63, 3.8) is 0 Å². The van der Waals surface area contributed by atoms with Gasteiger partial charge in [-0.2, -0.15) is 0 Å². The first kappa shape index (κ1) is 23.5. The first-order valence-corrected chi connectivity index (χ1v) is 11.3. The summed E-state index contributed by atoms with van der Waals surface area (Å²) in [6, 6.07) is 17.0. The number of rotatable bonds is 9. The van der Waals surface area contributed by atoms with Crippen LogP contribution in [-0.4, -0.2) is 51.1 Å². The van der Waals surface area contributed by atoms with Crippen molar-refractivity contribution in [1.29, 1.82) is 0 Å². The molecule has 1 heterocycles. The lowest BCUT2D eigenvalue weighted by atomic mass is 10.1. The van der Waals surface area contributed by atoms with Crippen molar-refractivity contribution < 1.29 is 14.3 Å². The van der Waals surface area contributed by atoms with Crippen molar-refractivity contribution in [1.82, 2.24) is 4.90 Å². The average molecular weight is 452 g/mol. The lowest BCUT2D eigenvalue weighted by Crippen LogP contribution is -2.34. The number of nitrogens with one attached hydrogen (secondary N) is 1. The van der Waals surface area contributed by atoms with Crippen molar-refractivity contribution in [3.8, 4) is 0 Å². The van der Waals surface area contributed by atoms with E-state index in [2.05, 4.69) is 5.32 Å². The summed E-state index contributed by atoms with van der Waals surface area (Å²) < 4.78 is 5.26. The van der Waals surface area contributed by atoms with Gasteiger partial charge in [-0.3, -0.25) is 9.59 Å². The van der Waals surface area contributed by atoms with E-state index in [-0.39, 0.29) is 11.8 Å². The van der Waals surface area contributed by atoms with Crippen LogP contribution in [0.2, 0.25) is 0 Å². The van der Waals surface area contributed by atoms with E-state index >= 15 is 0 Å². The molecule has 32 heavy (non-hydrogen) atoms. The molecule has 0 fully saturated rings. The average Bonchev–Trinajstić information content (AvgIpc) is 3.31. The van der Waals surface area contributed by atoms with Crippen LogP contribution in [0.3, 0.4) is 0 Å². The van der Waals surface area contributed by atoms with E-state index in [0.29, 0.717) is 35.8 Å². The summed E-state index contributed by atoms with van der Waals surface area (Å²) in [6.07, 6.45) is 0. The van der Waals surface area contributed by atoms with E-state index in [0.717, 1.165) is 16.8 Å². The Kier molecular flexibility index (Phi) is 8.03. The third kappa shape index (κ3) is 5.96. The first-order valence-electron chi connectivity index (χ1n) is 10.4. The molecule has 3 aromatic rings. The van der Waals surface area contributed by atoms with Crippen LogP contribution in [0, 0.1) is 6.92 Å². The monoisotopic (exact) mass is 451 g/mol. The number of methoxy groups -OCH3 is 1. The smallest absolute Gasteiger partial charge is 0.265 e. The number of amides is 2. The fourth-order valence-electron chi connectivity index (χ4n) is 3.45. The van der Waals surface area contributed by atoms with Gasteiger partial charge in [-0.25, -0.2) is 0 Å². The Balaban J connectivity index is 1.89. The van der Waals surface area contributed by atoms with Crippen molar-refractivity contribution in [2.75, 3.05) is 44.6 Å². The molecular formula is C25H29N3O3S. The van der Waals surface area contributed by atoms with Crippen LogP contribution in [-0.2, 0) is 11.3 Å². The predicted molar refractivity (Wildman–Crippen MR) is 131 cm³/mol. The van der Waals surface area contributed by atoms with E-state index in [9.17, 15) is 9.59 Å². The molecule has 168 valence electrons. The van der Waals surface area contributed by atoms with Crippen molar-refractivity contribution in [2.45, 2.75) is 13.5 Å². The van der Waals surface area contributed by atoms with Gasteiger partial charge in [0.15, 0.2) is 0 Å². The summed E-state index contributed by atoms with van der Waals surface area (Å²) in [5.74, 6) is -0.195. The molecule has 2 amide bonds. The van der Waals surface area contributed by atoms with E-state index in [1.165, 1.54) is 11.3 Å². The van der Waals surface area contributed by atoms with Crippen LogP contribution in [0.1, 0.15) is 31.2 Å². The van der Waals surface area contributed by atoms with E-state index in [1.807, 2.05) is 79.8 Å². The number of carbonyl (C=O) groups excluding carboxylic acids is 2. The van der Waals surface area contributed by atoms with E-state index in [4.69, 9.17) is 4.74 Å². The number of nitrogens with zero attached hydrogens (tertiary/aromatic N) is 2. The lowest BCUT2D eigenvalue weighted by molar-refractivity contribution is 0.0680. The molecule has 0 bridgehead atoms. The van der Waals surface area contributed by atoms with Crippen LogP contribution >= 0.6 is 11.3 Å². The molecular weight excluding hydrogens is 422 g/mol. The van der Waals surface area contributed by atoms with Crippen molar-refractivity contribution in [2.24, 2.45) is 0 Å². The zero-order valence-electron chi connectivity index (χ0n) is 18.9. The molecule has 6 nitrogen and oxygen atoms in total. The normalized spacial score (nSPS) is 10.6. The highest BCUT2D eigenvalue weighted by molar-refractivity contribution is 7.12. The second kappa shape index (κ2) is 10.9. The summed E-state index contributed by atoms with van der Waals surface area (Å²) in [5, 5.41) is 4.84. The van der Waals surface area contributed by atoms with Crippen LogP contribution in [0.5, 0.6) is 0 Å². The zero-order valence-corrected chi connectivity index (χ0v) is 19.7. The Morgan fingerprint density at radius 2 is 1.88 bits per heavy atom. The van der Waals surface area contributed by atoms with Crippen LogP contribution < -0.4 is 10.2 Å². The van der Waals surface area contributed by atoms with Crippen LogP contribution in [0.15, 0.2) is 60.0 Å². The maximum atomic E-state index is 13.3. The number of aryl methyl sites for hydroxylation is 1. The molecule has 0 spiro atoms. The minimum absolute atomic E-state index is 0.0523. The molecule has 0 aliphatic carbocycles. The van der Waals surface area contributed by atoms with Gasteiger partial charge in [-0.15, -0.1) is 11.3 Å². The van der Waals surface area contributed by atoms with Gasteiger partial charge in [-0.05, 0) is 54.3 Å². The highest BCUT2D eigenvalue weighted by atomic mass is 32.1. The number of ether oxygens (including phenoxy) is 1. The van der Waals surface area contributed by atoms with Gasteiger partial charge in [0.05, 0.1) is 11.5 Å². The largest absolute Gasteiger partial charge is 0.383 e. The minimum Gasteiger partial charge on any atom is -0.383 e. The molecule has 0 saturated carbocycles. The third-order valence-corrected chi connectivity index (χ3v) is 5.91. The fourth-order valence-corrected chi connectivity index (χ4v) is 4.07. The number of carbonyl (C=O) groups is 2. The second-order valence-corrected chi connectivity index (χ2v) is 8.71. The highest BCUT2D eigenvalue weighted by Crippen LogP contribution is 2.26. The summed E-state index contributed by atoms with van der Waals surface area (Å²) >= 11 is 1.40. The quantitative estimate of drug-likeness (QED) is 0.514. The SMILES string of the molecule is COCCN(Cc1cc(NC(=O)c2cccs2)ccc1N(C)C)C(=O)c1cccc(C)c1. The number of benzene rings is 2. The number of hydrogen-bond acceptors (Lipinski definition) is 5. The first-order chi connectivity index (χ1) is 15.4. The molecule has 0 radical (unpaired) electrons. The number of hydrogen-bond donors (Lipinski definition) is 1. The van der Waals surface area contributed by atoms with Crippen molar-refractivity contribution >= 4 is 34.5 Å². The zero-order chi connectivity index (χ0) is 23.1. The molecule has 0 atom stereocenters. The second-order valence-electron chi connectivity index (χ2n) is 7.76. The Bertz CT molecular complexity index is 1060. The maximum Gasteiger partial charge on any atom is 0.265 e. The van der Waals surface area contributed by atoms with E-state index < -0.39 is 0 Å². The van der Waals surface area contributed by atoms with Gasteiger partial charge in [-0.1, -0.05) is 23.8 Å². The molecule has 7 heteroatoms. The number of thiophene rings is 1. The molecule has 0 aliphatic heterocycles. The van der Waals surface area contributed by atoms with Gasteiger partial charge in [0.25, 0.3) is 11.8 Å². The maximum absolute atomic E-state index is 13.3. The molecule has 3 rings (SSSR count). The van der Waals surface area contributed by atoms with Gasteiger partial charge in [0.2, 0.25) is 0 Å². The molecule has 1 aromatic heterocycles. The standard InChI is InChI=1S/C25H29N3O3S/c1-18-7-5-8-19(15-18)25(30)28(12-13-31-4)17-20-16-21(10-11-22(20)27(2)3)26-24(29)23-9-6-14-32-23/h5-11,14-16H,12-13,17H2,1-4H3,(H,26,29). The molecule has 0 saturated heterocycles. The Morgan fingerprint density at radius 3 is 2.53 bits per heavy atom. The lowest BCUT2D eigenvalue weighted by Gasteiger charge is -2.26. The Morgan fingerprint density at radius 1 is 1.06 bits per heavy atom. The molecule has 0 aliphatic rings. The van der Waals surface area contributed by atoms with Gasteiger partial charge >= 0.3 is 0 Å². The summed E-state index contributed by atoms with van der Waals surface area (Å²) in [7, 11) is 5.55. The molecule has 0 unspecified atom stereocenters. The number of anilines is 2. The Hall–Kier alpha value is -3.16. The third-order valence-electron chi connectivity index (χ3n) is 5.04. The van der Waals surface area contributed by atoms with Gasteiger partial charge in [0, 0.05) is 51.2 Å². The summed E-state index contributed by atoms with van der Waals surface area (Å²) in [6.45, 7) is 3.26. The van der Waals surface area contributed by atoms with E-state index in [1.54, 1.807) is 18.1 Å². The molecule has 1 N–H and O–H groups in total. The van der Waals surface area contributed by atoms with Crippen LogP contribution in [0.4, 0.5) is 11.4 Å². The summed E-state index contributed by atoms with van der Waals surface area (Å²) in [5.41, 5.74) is 4.30. The molecule has 2 aromatic carbocycles. The summed E-state index contributed by atoms with van der Waals surface area (Å²) in [4.78, 5) is 30.2. The topological polar surface area (TPSA) is 61.9 Å². The van der Waals surface area contributed by atoms with Crippen molar-refractivity contribution in [3.05, 3.63) is 81.5 Å². The highest BCUT2D eigenvalue weighted by Gasteiger charge is 2.19. The van der Waals surface area contributed by atoms with Crippen LogP contribution in [0.25, 0.3) is 0 Å². The predicted octanol–water partition coefficient (Wildman–Crippen LogP) is 4.66.